The van der Waals surface area contributed by atoms with Crippen molar-refractivity contribution < 1.29 is 33.7 Å². The van der Waals surface area contributed by atoms with Gasteiger partial charge in [0.05, 0.1) is 45.5 Å². The molecule has 2 aromatic rings. The first-order chi connectivity index (χ1) is 19.2. The van der Waals surface area contributed by atoms with Gasteiger partial charge in [-0.15, -0.1) is 0 Å². The Balaban J connectivity index is 1.72. The molecule has 1 aliphatic heterocycles. The topological polar surface area (TPSA) is 144 Å². The number of hydrogen-bond acceptors (Lipinski definition) is 8. The van der Waals surface area contributed by atoms with E-state index in [1.54, 1.807) is 24.1 Å². The predicted octanol–water partition coefficient (Wildman–Crippen LogP) is 2.60. The summed E-state index contributed by atoms with van der Waals surface area (Å²) in [6, 6.07) is 6.35. The Morgan fingerprint density at radius 2 is 1.70 bits per heavy atom. The molecule has 1 saturated heterocycles. The maximum Gasteiger partial charge on any atom is 0.306 e. The number of hydrogen-bond donors (Lipinski definition) is 3. The number of nitrogens with one attached hydrogen (secondary N) is 2. The number of anilines is 1. The van der Waals surface area contributed by atoms with Crippen molar-refractivity contribution in [1.29, 1.82) is 0 Å². The second kappa shape index (κ2) is 12.3. The van der Waals surface area contributed by atoms with E-state index in [9.17, 15) is 24.3 Å². The molecule has 1 fully saturated rings. The number of carboxylic acid groups (broad SMARTS) is 1. The van der Waals surface area contributed by atoms with Crippen molar-refractivity contribution in [2.45, 2.75) is 38.6 Å². The van der Waals surface area contributed by atoms with Crippen LogP contribution in [0, 0.1) is 5.92 Å². The van der Waals surface area contributed by atoms with Crippen LogP contribution < -0.4 is 30.3 Å². The highest BCUT2D eigenvalue weighted by atomic mass is 16.5. The molecule has 2 amide bonds. The maximum atomic E-state index is 13.4. The van der Waals surface area contributed by atoms with Gasteiger partial charge in [-0.2, -0.15) is 0 Å². The number of carbonyl (C=O) groups excluding carboxylic acids is 2. The summed E-state index contributed by atoms with van der Waals surface area (Å²) in [7, 11) is 4.60. The predicted molar refractivity (Wildman–Crippen MR) is 148 cm³/mol. The van der Waals surface area contributed by atoms with Crippen LogP contribution >= 0.6 is 0 Å². The molecule has 0 unspecified atom stereocenters. The Hall–Kier alpha value is -4.28. The van der Waals surface area contributed by atoms with Crippen molar-refractivity contribution >= 4 is 23.5 Å². The van der Waals surface area contributed by atoms with Gasteiger partial charge < -0.3 is 34.9 Å². The summed E-state index contributed by atoms with van der Waals surface area (Å²) in [4.78, 5) is 51.1. The lowest BCUT2D eigenvalue weighted by Gasteiger charge is -2.30. The minimum absolute atomic E-state index is 0.109. The van der Waals surface area contributed by atoms with E-state index in [2.05, 4.69) is 10.6 Å². The Bertz CT molecular complexity index is 1370. The van der Waals surface area contributed by atoms with Gasteiger partial charge in [0.2, 0.25) is 23.0 Å². The van der Waals surface area contributed by atoms with Gasteiger partial charge in [0.25, 0.3) is 0 Å². The molecule has 40 heavy (non-hydrogen) atoms. The third-order valence-electron chi connectivity index (χ3n) is 7.54. The molecular weight excluding hydrogens is 518 g/mol. The molecule has 1 aliphatic carbocycles. The van der Waals surface area contributed by atoms with Crippen LogP contribution in [0.25, 0.3) is 11.1 Å². The van der Waals surface area contributed by atoms with E-state index in [4.69, 9.17) is 14.2 Å². The molecule has 0 spiro atoms. The Labute approximate surface area is 232 Å². The van der Waals surface area contributed by atoms with Crippen LogP contribution in [0.5, 0.6) is 17.2 Å². The average molecular weight is 554 g/mol. The fourth-order valence-corrected chi connectivity index (χ4v) is 5.51. The Morgan fingerprint density at radius 3 is 2.30 bits per heavy atom. The van der Waals surface area contributed by atoms with Crippen LogP contribution in [0.15, 0.2) is 29.1 Å². The Morgan fingerprint density at radius 1 is 1.00 bits per heavy atom. The van der Waals surface area contributed by atoms with Crippen molar-refractivity contribution in [3.8, 4) is 28.4 Å². The minimum Gasteiger partial charge on any atom is -0.493 e. The largest absolute Gasteiger partial charge is 0.493 e. The van der Waals surface area contributed by atoms with Crippen molar-refractivity contribution in [2.24, 2.45) is 5.92 Å². The monoisotopic (exact) mass is 553 g/mol. The number of aliphatic carboxylic acids is 1. The number of fused-ring (bicyclic) bond motifs is 3. The SMILES string of the molecule is COc1cc2c(c(OC)c1OC)-c1ccc(NCC(=O)N3CCC(C(=O)O)CC3)c(=O)cc1[C@H](NC(C)=O)CC2. The number of ether oxygens (including phenoxy) is 3. The lowest BCUT2D eigenvalue weighted by atomic mass is 9.95. The number of amides is 2. The first-order valence-electron chi connectivity index (χ1n) is 13.2. The number of nitrogens with zero attached hydrogens (tertiary/aromatic N) is 1. The number of likely N-dealkylation sites (tertiary alicyclic amines) is 1. The lowest BCUT2D eigenvalue weighted by Crippen LogP contribution is -2.42. The molecule has 1 atom stereocenters. The molecule has 2 aliphatic rings. The van der Waals surface area contributed by atoms with Crippen LogP contribution in [0.1, 0.15) is 43.4 Å². The van der Waals surface area contributed by atoms with Crippen LogP contribution in [0.4, 0.5) is 5.69 Å². The van der Waals surface area contributed by atoms with Crippen LogP contribution in [-0.4, -0.2) is 68.8 Å². The van der Waals surface area contributed by atoms with Gasteiger partial charge in [0.1, 0.15) is 0 Å². The average Bonchev–Trinajstić information content (AvgIpc) is 3.18. The summed E-state index contributed by atoms with van der Waals surface area (Å²) in [6.07, 6.45) is 1.93. The molecule has 2 aromatic carbocycles. The van der Waals surface area contributed by atoms with Crippen molar-refractivity contribution in [1.82, 2.24) is 10.2 Å². The molecule has 3 N–H and O–H groups in total. The zero-order valence-electron chi connectivity index (χ0n) is 23.2. The summed E-state index contributed by atoms with van der Waals surface area (Å²) >= 11 is 0. The normalized spacial score (nSPS) is 16.6. The highest BCUT2D eigenvalue weighted by molar-refractivity contribution is 5.84. The molecule has 11 heteroatoms. The van der Waals surface area contributed by atoms with Gasteiger partial charge in [0.15, 0.2) is 11.5 Å². The minimum atomic E-state index is -0.843. The van der Waals surface area contributed by atoms with Gasteiger partial charge >= 0.3 is 5.97 Å². The summed E-state index contributed by atoms with van der Waals surface area (Å²) in [5.41, 5.74) is 2.86. The van der Waals surface area contributed by atoms with E-state index in [-0.39, 0.29) is 29.5 Å². The second-order valence-corrected chi connectivity index (χ2v) is 9.94. The first-order valence-corrected chi connectivity index (χ1v) is 13.2. The zero-order chi connectivity index (χ0) is 29.0. The second-order valence-electron chi connectivity index (χ2n) is 9.94. The molecule has 214 valence electrons. The molecule has 0 saturated carbocycles. The lowest BCUT2D eigenvalue weighted by molar-refractivity contribution is -0.145. The van der Waals surface area contributed by atoms with E-state index >= 15 is 0 Å². The van der Waals surface area contributed by atoms with Gasteiger partial charge in [-0.25, -0.2) is 0 Å². The zero-order valence-corrected chi connectivity index (χ0v) is 23.2. The first kappa shape index (κ1) is 28.7. The summed E-state index contributed by atoms with van der Waals surface area (Å²) < 4.78 is 17.0. The van der Waals surface area contributed by atoms with Crippen LogP contribution in [0.2, 0.25) is 0 Å². The van der Waals surface area contributed by atoms with Gasteiger partial charge in [-0.1, -0.05) is 6.07 Å². The van der Waals surface area contributed by atoms with E-state index < -0.39 is 17.9 Å². The van der Waals surface area contributed by atoms with Crippen molar-refractivity contribution in [3.63, 3.8) is 0 Å². The molecule has 11 nitrogen and oxygen atoms in total. The quantitative estimate of drug-likeness (QED) is 0.449. The van der Waals surface area contributed by atoms with Crippen molar-refractivity contribution in [3.05, 3.63) is 45.6 Å². The van der Waals surface area contributed by atoms with Gasteiger partial charge in [-0.05, 0) is 60.6 Å². The van der Waals surface area contributed by atoms with E-state index in [0.717, 1.165) is 11.1 Å². The molecule has 4 rings (SSSR count). The number of piperidine rings is 1. The number of carbonyl (C=O) groups is 3. The number of rotatable bonds is 8. The van der Waals surface area contributed by atoms with Gasteiger partial charge in [0, 0.05) is 25.6 Å². The van der Waals surface area contributed by atoms with Crippen molar-refractivity contribution in [2.75, 3.05) is 46.3 Å². The van der Waals surface area contributed by atoms with E-state index in [1.165, 1.54) is 27.2 Å². The number of methoxy groups -OCH3 is 3. The maximum absolute atomic E-state index is 13.4. The smallest absolute Gasteiger partial charge is 0.306 e. The fraction of sp³-hybridized carbons (Fsp3) is 0.448. The number of aryl methyl sites for hydroxylation is 1. The van der Waals surface area contributed by atoms with Gasteiger partial charge in [-0.3, -0.25) is 19.2 Å². The third kappa shape index (κ3) is 5.83. The van der Waals surface area contributed by atoms with Crippen LogP contribution in [-0.2, 0) is 20.8 Å². The summed E-state index contributed by atoms with van der Waals surface area (Å²) in [5, 5.41) is 15.1. The molecular formula is C29H35N3O8. The molecule has 1 heterocycles. The molecule has 0 radical (unpaired) electrons. The third-order valence-corrected chi connectivity index (χ3v) is 7.54. The van der Waals surface area contributed by atoms with E-state index in [0.29, 0.717) is 67.1 Å². The Kier molecular flexibility index (Phi) is 8.81. The number of carboxylic acids is 1. The number of benzene rings is 1. The highest BCUT2D eigenvalue weighted by Gasteiger charge is 2.30. The fourth-order valence-electron chi connectivity index (χ4n) is 5.51. The summed E-state index contributed by atoms with van der Waals surface area (Å²) in [5.74, 6) is -0.342. The highest BCUT2D eigenvalue weighted by Crippen LogP contribution is 2.50. The van der Waals surface area contributed by atoms with Crippen LogP contribution in [0.3, 0.4) is 0 Å². The molecule has 0 bridgehead atoms. The molecule has 0 aromatic heterocycles. The van der Waals surface area contributed by atoms with E-state index in [1.807, 2.05) is 6.07 Å². The summed E-state index contributed by atoms with van der Waals surface area (Å²) in [6.45, 7) is 2.04. The standard InChI is InChI=1S/C29H35N3O8/c1-16(33)31-21-7-5-18-13-24(38-2)27(39-3)28(40-4)26(18)19-6-8-22(23(34)14-20(19)21)30-15-25(35)32-11-9-17(10-12-32)29(36)37/h6,8,13-14,17,21H,5,7,9-12,15H2,1-4H3,(H,30,34)(H,31,33)(H,36,37)/t21-/m1/s1.